The molecule has 8 heteroatoms. The molecule has 0 unspecified atom stereocenters. The lowest BCUT2D eigenvalue weighted by Gasteiger charge is -2.32. The molecular formula is C17H21N5O3. The summed E-state index contributed by atoms with van der Waals surface area (Å²) in [5.74, 6) is 1.23. The first-order valence-corrected chi connectivity index (χ1v) is 8.43. The average molecular weight is 343 g/mol. The highest BCUT2D eigenvalue weighted by molar-refractivity contribution is 5.96. The second-order valence-corrected chi connectivity index (χ2v) is 6.30. The molecule has 2 aromatic rings. The van der Waals surface area contributed by atoms with Crippen molar-refractivity contribution in [2.75, 3.05) is 13.1 Å². The molecule has 132 valence electrons. The average Bonchev–Trinajstić information content (AvgIpc) is 3.10. The first-order chi connectivity index (χ1) is 12.0. The van der Waals surface area contributed by atoms with Gasteiger partial charge >= 0.3 is 0 Å². The Morgan fingerprint density at radius 3 is 2.68 bits per heavy atom. The number of nitrogens with zero attached hydrogens (tertiary/aromatic N) is 5. The topological polar surface area (TPSA) is 94.2 Å². The Labute approximate surface area is 145 Å². The summed E-state index contributed by atoms with van der Waals surface area (Å²) >= 11 is 0. The monoisotopic (exact) mass is 343 g/mol. The van der Waals surface area contributed by atoms with Gasteiger partial charge in [0.15, 0.2) is 0 Å². The first kappa shape index (κ1) is 17.1. The summed E-state index contributed by atoms with van der Waals surface area (Å²) in [5, 5.41) is 19.0. The van der Waals surface area contributed by atoms with Crippen LogP contribution in [0.5, 0.6) is 0 Å². The number of hydrogen-bond donors (Lipinski definition) is 0. The molecule has 1 aliphatic heterocycles. The first-order valence-electron chi connectivity index (χ1n) is 8.43. The van der Waals surface area contributed by atoms with Gasteiger partial charge in [0.2, 0.25) is 0 Å². The van der Waals surface area contributed by atoms with Gasteiger partial charge in [-0.25, -0.2) is 0 Å². The summed E-state index contributed by atoms with van der Waals surface area (Å²) in [6.07, 6.45) is 3.43. The molecule has 1 aromatic carbocycles. The molecule has 0 spiro atoms. The van der Waals surface area contributed by atoms with E-state index in [2.05, 4.69) is 17.1 Å². The van der Waals surface area contributed by atoms with Crippen molar-refractivity contribution in [2.24, 2.45) is 0 Å². The molecule has 1 saturated heterocycles. The molecule has 0 N–H and O–H groups in total. The van der Waals surface area contributed by atoms with Crippen LogP contribution in [0, 0.1) is 17.0 Å². The standard InChI is InChI=1S/C17H21N5O3/c1-3-20-11-18-19-16(20)13-6-8-21(9-7-13)17(23)15-5-4-14(22(24)25)10-12(15)2/h4-5,10-11,13H,3,6-9H2,1-2H3. The zero-order valence-corrected chi connectivity index (χ0v) is 14.4. The molecule has 0 saturated carbocycles. The van der Waals surface area contributed by atoms with E-state index < -0.39 is 4.92 Å². The quantitative estimate of drug-likeness (QED) is 0.628. The Balaban J connectivity index is 1.68. The lowest BCUT2D eigenvalue weighted by molar-refractivity contribution is -0.384. The van der Waals surface area contributed by atoms with E-state index in [1.54, 1.807) is 19.3 Å². The van der Waals surface area contributed by atoms with E-state index in [9.17, 15) is 14.9 Å². The summed E-state index contributed by atoms with van der Waals surface area (Å²) in [6, 6.07) is 4.38. The van der Waals surface area contributed by atoms with Gasteiger partial charge in [-0.15, -0.1) is 10.2 Å². The number of hydrogen-bond acceptors (Lipinski definition) is 5. The molecule has 1 aliphatic rings. The molecule has 1 aromatic heterocycles. The summed E-state index contributed by atoms with van der Waals surface area (Å²) in [4.78, 5) is 24.9. The van der Waals surface area contributed by atoms with Gasteiger partial charge < -0.3 is 9.47 Å². The van der Waals surface area contributed by atoms with Crippen LogP contribution in [-0.2, 0) is 6.54 Å². The summed E-state index contributed by atoms with van der Waals surface area (Å²) in [5.41, 5.74) is 1.17. The van der Waals surface area contributed by atoms with Gasteiger partial charge in [0, 0.05) is 43.2 Å². The summed E-state index contributed by atoms with van der Waals surface area (Å²) < 4.78 is 2.04. The predicted molar refractivity (Wildman–Crippen MR) is 91.4 cm³/mol. The number of rotatable bonds is 4. The Hall–Kier alpha value is -2.77. The van der Waals surface area contributed by atoms with Crippen molar-refractivity contribution in [1.82, 2.24) is 19.7 Å². The van der Waals surface area contributed by atoms with Crippen molar-refractivity contribution >= 4 is 11.6 Å². The van der Waals surface area contributed by atoms with Crippen molar-refractivity contribution in [2.45, 2.75) is 39.2 Å². The number of nitro benzene ring substituents is 1. The van der Waals surface area contributed by atoms with Crippen LogP contribution in [0.15, 0.2) is 24.5 Å². The van der Waals surface area contributed by atoms with Crippen molar-refractivity contribution in [3.05, 3.63) is 51.6 Å². The third-order valence-electron chi connectivity index (χ3n) is 4.78. The minimum Gasteiger partial charge on any atom is -0.339 e. The Morgan fingerprint density at radius 1 is 1.36 bits per heavy atom. The number of nitro groups is 1. The molecule has 2 heterocycles. The van der Waals surface area contributed by atoms with E-state index in [0.29, 0.717) is 30.1 Å². The van der Waals surface area contributed by atoms with Gasteiger partial charge in [0.05, 0.1) is 4.92 Å². The number of likely N-dealkylation sites (tertiary alicyclic amines) is 1. The highest BCUT2D eigenvalue weighted by Gasteiger charge is 2.28. The van der Waals surface area contributed by atoms with Gasteiger partial charge in [0.1, 0.15) is 12.2 Å². The number of benzene rings is 1. The van der Waals surface area contributed by atoms with Crippen LogP contribution >= 0.6 is 0 Å². The van der Waals surface area contributed by atoms with Crippen LogP contribution < -0.4 is 0 Å². The molecule has 1 amide bonds. The number of aryl methyl sites for hydroxylation is 2. The minimum atomic E-state index is -0.448. The zero-order valence-electron chi connectivity index (χ0n) is 14.4. The number of aromatic nitrogens is 3. The van der Waals surface area contributed by atoms with E-state index in [1.807, 2.05) is 9.47 Å². The molecule has 0 aliphatic carbocycles. The highest BCUT2D eigenvalue weighted by atomic mass is 16.6. The minimum absolute atomic E-state index is 0.00617. The van der Waals surface area contributed by atoms with Crippen LogP contribution in [0.1, 0.15) is 47.4 Å². The predicted octanol–water partition coefficient (Wildman–Crippen LogP) is 2.53. The number of carbonyl (C=O) groups is 1. The second-order valence-electron chi connectivity index (χ2n) is 6.30. The molecule has 0 radical (unpaired) electrons. The lowest BCUT2D eigenvalue weighted by Crippen LogP contribution is -2.38. The zero-order chi connectivity index (χ0) is 18.0. The van der Waals surface area contributed by atoms with Crippen molar-refractivity contribution in [3.63, 3.8) is 0 Å². The molecular weight excluding hydrogens is 322 g/mol. The number of piperidine rings is 1. The van der Waals surface area contributed by atoms with Crippen LogP contribution in [0.2, 0.25) is 0 Å². The van der Waals surface area contributed by atoms with Crippen LogP contribution in [0.3, 0.4) is 0 Å². The lowest BCUT2D eigenvalue weighted by atomic mass is 9.95. The van der Waals surface area contributed by atoms with Gasteiger partial charge in [-0.2, -0.15) is 0 Å². The fourth-order valence-electron chi connectivity index (χ4n) is 3.34. The van der Waals surface area contributed by atoms with Gasteiger partial charge in [-0.3, -0.25) is 14.9 Å². The summed E-state index contributed by atoms with van der Waals surface area (Å²) in [6.45, 7) is 5.93. The van der Waals surface area contributed by atoms with E-state index in [4.69, 9.17) is 0 Å². The van der Waals surface area contributed by atoms with E-state index in [0.717, 1.165) is 25.2 Å². The van der Waals surface area contributed by atoms with Gasteiger partial charge in [-0.05, 0) is 38.3 Å². The fourth-order valence-corrected chi connectivity index (χ4v) is 3.34. The number of amides is 1. The number of carbonyl (C=O) groups excluding carboxylic acids is 1. The molecule has 8 nitrogen and oxygen atoms in total. The number of non-ortho nitro benzene ring substituents is 1. The molecule has 1 fully saturated rings. The van der Waals surface area contributed by atoms with E-state index in [-0.39, 0.29) is 11.6 Å². The SMILES string of the molecule is CCn1cnnc1C1CCN(C(=O)c2ccc([N+](=O)[O-])cc2C)CC1. The Kier molecular flexibility index (Phi) is 4.78. The molecule has 0 atom stereocenters. The van der Waals surface area contributed by atoms with Crippen molar-refractivity contribution in [1.29, 1.82) is 0 Å². The summed E-state index contributed by atoms with van der Waals surface area (Å²) in [7, 11) is 0. The fraction of sp³-hybridized carbons (Fsp3) is 0.471. The van der Waals surface area contributed by atoms with E-state index in [1.165, 1.54) is 12.1 Å². The smallest absolute Gasteiger partial charge is 0.269 e. The molecule has 3 rings (SSSR count). The van der Waals surface area contributed by atoms with Crippen molar-refractivity contribution in [3.8, 4) is 0 Å². The second kappa shape index (κ2) is 7.00. The normalized spacial score (nSPS) is 15.4. The molecule has 25 heavy (non-hydrogen) atoms. The van der Waals surface area contributed by atoms with Crippen LogP contribution in [0.4, 0.5) is 5.69 Å². The maximum atomic E-state index is 12.7. The third-order valence-corrected chi connectivity index (χ3v) is 4.78. The maximum absolute atomic E-state index is 12.7. The Morgan fingerprint density at radius 2 is 2.08 bits per heavy atom. The van der Waals surface area contributed by atoms with Gasteiger partial charge in [0.25, 0.3) is 11.6 Å². The highest BCUT2D eigenvalue weighted by Crippen LogP contribution is 2.28. The Bertz CT molecular complexity index is 793. The van der Waals surface area contributed by atoms with E-state index >= 15 is 0 Å². The largest absolute Gasteiger partial charge is 0.339 e. The van der Waals surface area contributed by atoms with Crippen LogP contribution in [-0.4, -0.2) is 43.6 Å². The maximum Gasteiger partial charge on any atom is 0.269 e. The van der Waals surface area contributed by atoms with Crippen LogP contribution in [0.25, 0.3) is 0 Å². The van der Waals surface area contributed by atoms with Crippen molar-refractivity contribution < 1.29 is 9.72 Å². The molecule has 0 bridgehead atoms. The van der Waals surface area contributed by atoms with Gasteiger partial charge in [-0.1, -0.05) is 0 Å². The third kappa shape index (κ3) is 3.38.